The molecule has 0 radical (unpaired) electrons. The molecule has 0 aromatic heterocycles. The van der Waals surface area contributed by atoms with Crippen LogP contribution in [0.4, 0.5) is 5.69 Å². The van der Waals surface area contributed by atoms with Crippen molar-refractivity contribution in [2.75, 3.05) is 18.0 Å². The van der Waals surface area contributed by atoms with E-state index in [2.05, 4.69) is 5.32 Å². The third-order valence-corrected chi connectivity index (χ3v) is 5.19. The van der Waals surface area contributed by atoms with Crippen molar-refractivity contribution >= 4 is 17.5 Å². The molecule has 0 bridgehead atoms. The third-order valence-electron chi connectivity index (χ3n) is 5.19. The average molecular weight is 431 g/mol. The lowest BCUT2D eigenvalue weighted by Crippen LogP contribution is -2.50. The van der Waals surface area contributed by atoms with Gasteiger partial charge in [0.05, 0.1) is 12.2 Å². The normalized spacial score (nSPS) is 14.8. The molecule has 1 atom stereocenters. The molecule has 6 nitrogen and oxygen atoms in total. The molecule has 0 spiro atoms. The molecule has 3 aromatic rings. The van der Waals surface area contributed by atoms with E-state index >= 15 is 0 Å². The van der Waals surface area contributed by atoms with Crippen LogP contribution in [0, 0.1) is 0 Å². The van der Waals surface area contributed by atoms with E-state index in [-0.39, 0.29) is 18.4 Å². The number of ether oxygens (including phenoxy) is 2. The van der Waals surface area contributed by atoms with Gasteiger partial charge in [-0.25, -0.2) is 0 Å². The standard InChI is InChI=1S/C26H26N2O4/c1-2-15-27-25(29)24-17-28(22-13-6-7-14-23(22)32-24)26(30)20-11-8-12-21(16-20)31-18-19-9-4-3-5-10-19/h3-14,16,24H,2,15,17-18H2,1H3,(H,27,29)/t24-/m1/s1. The molecule has 0 saturated carbocycles. The Morgan fingerprint density at radius 3 is 2.62 bits per heavy atom. The number of hydrogen-bond donors (Lipinski definition) is 1. The van der Waals surface area contributed by atoms with E-state index < -0.39 is 6.10 Å². The predicted molar refractivity (Wildman–Crippen MR) is 123 cm³/mol. The number of anilines is 1. The Kier molecular flexibility index (Phi) is 6.70. The van der Waals surface area contributed by atoms with Crippen molar-refractivity contribution in [1.29, 1.82) is 0 Å². The van der Waals surface area contributed by atoms with Crippen LogP contribution in [0.1, 0.15) is 29.3 Å². The second-order valence-corrected chi connectivity index (χ2v) is 7.58. The van der Waals surface area contributed by atoms with Gasteiger partial charge in [-0.05, 0) is 42.3 Å². The fourth-order valence-electron chi connectivity index (χ4n) is 3.54. The summed E-state index contributed by atoms with van der Waals surface area (Å²) in [6.45, 7) is 3.11. The summed E-state index contributed by atoms with van der Waals surface area (Å²) >= 11 is 0. The summed E-state index contributed by atoms with van der Waals surface area (Å²) in [5.74, 6) is 0.692. The van der Waals surface area contributed by atoms with Crippen molar-refractivity contribution in [3.63, 3.8) is 0 Å². The Morgan fingerprint density at radius 2 is 1.81 bits per heavy atom. The number of carbonyl (C=O) groups is 2. The van der Waals surface area contributed by atoms with Gasteiger partial charge in [-0.3, -0.25) is 9.59 Å². The van der Waals surface area contributed by atoms with Gasteiger partial charge in [0.25, 0.3) is 11.8 Å². The summed E-state index contributed by atoms with van der Waals surface area (Å²) < 4.78 is 11.8. The molecular formula is C26H26N2O4. The second-order valence-electron chi connectivity index (χ2n) is 7.58. The van der Waals surface area contributed by atoms with Crippen LogP contribution in [0.3, 0.4) is 0 Å². The van der Waals surface area contributed by atoms with E-state index in [0.29, 0.717) is 35.9 Å². The second kappa shape index (κ2) is 10.0. The average Bonchev–Trinajstić information content (AvgIpc) is 2.85. The van der Waals surface area contributed by atoms with Crippen LogP contribution in [0.15, 0.2) is 78.9 Å². The summed E-state index contributed by atoms with van der Waals surface area (Å²) in [6, 6.07) is 24.2. The van der Waals surface area contributed by atoms with E-state index in [9.17, 15) is 9.59 Å². The van der Waals surface area contributed by atoms with Crippen molar-refractivity contribution in [1.82, 2.24) is 5.32 Å². The Bertz CT molecular complexity index is 1080. The summed E-state index contributed by atoms with van der Waals surface area (Å²) in [6.07, 6.45) is 0.0610. The summed E-state index contributed by atoms with van der Waals surface area (Å²) in [5.41, 5.74) is 2.18. The maximum atomic E-state index is 13.5. The van der Waals surface area contributed by atoms with Crippen LogP contribution in [0.5, 0.6) is 11.5 Å². The van der Waals surface area contributed by atoms with Gasteiger partial charge < -0.3 is 19.7 Å². The Morgan fingerprint density at radius 1 is 1.03 bits per heavy atom. The van der Waals surface area contributed by atoms with Gasteiger partial charge in [-0.15, -0.1) is 0 Å². The molecular weight excluding hydrogens is 404 g/mol. The highest BCUT2D eigenvalue weighted by Crippen LogP contribution is 2.34. The fraction of sp³-hybridized carbons (Fsp3) is 0.231. The highest BCUT2D eigenvalue weighted by Gasteiger charge is 2.34. The smallest absolute Gasteiger partial charge is 0.262 e. The summed E-state index contributed by atoms with van der Waals surface area (Å²) in [4.78, 5) is 27.6. The minimum absolute atomic E-state index is 0.139. The maximum absolute atomic E-state index is 13.5. The Hall–Kier alpha value is -3.80. The molecule has 1 aliphatic rings. The van der Waals surface area contributed by atoms with Gasteiger partial charge in [0, 0.05) is 12.1 Å². The molecule has 4 rings (SSSR count). The minimum Gasteiger partial charge on any atom is -0.489 e. The van der Waals surface area contributed by atoms with E-state index in [1.165, 1.54) is 0 Å². The fourth-order valence-corrected chi connectivity index (χ4v) is 3.54. The number of fused-ring (bicyclic) bond motifs is 1. The first-order valence-corrected chi connectivity index (χ1v) is 10.8. The molecule has 0 saturated heterocycles. The number of amides is 2. The molecule has 1 N–H and O–H groups in total. The maximum Gasteiger partial charge on any atom is 0.262 e. The SMILES string of the molecule is CCCNC(=O)[C@H]1CN(C(=O)c2cccc(OCc3ccccc3)c2)c2ccccc2O1. The van der Waals surface area contributed by atoms with Crippen molar-refractivity contribution in [2.45, 2.75) is 26.1 Å². The Balaban J connectivity index is 1.54. The number of hydrogen-bond acceptors (Lipinski definition) is 4. The van der Waals surface area contributed by atoms with Gasteiger partial charge in [0.2, 0.25) is 0 Å². The van der Waals surface area contributed by atoms with Crippen molar-refractivity contribution < 1.29 is 19.1 Å². The minimum atomic E-state index is -0.766. The molecule has 0 aliphatic carbocycles. The molecule has 2 amide bonds. The first-order chi connectivity index (χ1) is 15.7. The number of nitrogens with zero attached hydrogens (tertiary/aromatic N) is 1. The molecule has 164 valence electrons. The van der Waals surface area contributed by atoms with Gasteiger partial charge >= 0.3 is 0 Å². The molecule has 3 aromatic carbocycles. The third kappa shape index (κ3) is 4.91. The van der Waals surface area contributed by atoms with E-state index in [1.807, 2.05) is 61.5 Å². The zero-order valence-corrected chi connectivity index (χ0v) is 18.0. The lowest BCUT2D eigenvalue weighted by Gasteiger charge is -2.34. The summed E-state index contributed by atoms with van der Waals surface area (Å²) in [5, 5.41) is 2.85. The summed E-state index contributed by atoms with van der Waals surface area (Å²) in [7, 11) is 0. The molecule has 32 heavy (non-hydrogen) atoms. The monoisotopic (exact) mass is 430 g/mol. The van der Waals surface area contributed by atoms with Crippen LogP contribution in [0.2, 0.25) is 0 Å². The van der Waals surface area contributed by atoms with Gasteiger partial charge in [0.15, 0.2) is 6.10 Å². The Labute approximate surface area is 187 Å². The van der Waals surface area contributed by atoms with Crippen molar-refractivity contribution in [3.05, 3.63) is 90.0 Å². The lowest BCUT2D eigenvalue weighted by atomic mass is 10.1. The molecule has 0 fully saturated rings. The van der Waals surface area contributed by atoms with Crippen LogP contribution < -0.4 is 19.7 Å². The molecule has 6 heteroatoms. The van der Waals surface area contributed by atoms with E-state index in [4.69, 9.17) is 9.47 Å². The zero-order valence-electron chi connectivity index (χ0n) is 18.0. The molecule has 1 heterocycles. The van der Waals surface area contributed by atoms with Gasteiger partial charge in [-0.2, -0.15) is 0 Å². The quantitative estimate of drug-likeness (QED) is 0.610. The van der Waals surface area contributed by atoms with E-state index in [1.54, 1.807) is 29.2 Å². The highest BCUT2D eigenvalue weighted by atomic mass is 16.5. The first kappa shape index (κ1) is 21.4. The van der Waals surface area contributed by atoms with Crippen LogP contribution in [-0.2, 0) is 11.4 Å². The molecule has 1 aliphatic heterocycles. The number of rotatable bonds is 7. The van der Waals surface area contributed by atoms with Crippen LogP contribution in [-0.4, -0.2) is 31.0 Å². The van der Waals surface area contributed by atoms with Gasteiger partial charge in [-0.1, -0.05) is 55.5 Å². The lowest BCUT2D eigenvalue weighted by molar-refractivity contribution is -0.127. The van der Waals surface area contributed by atoms with Gasteiger partial charge in [0.1, 0.15) is 18.1 Å². The molecule has 0 unspecified atom stereocenters. The zero-order chi connectivity index (χ0) is 22.3. The first-order valence-electron chi connectivity index (χ1n) is 10.8. The topological polar surface area (TPSA) is 67.9 Å². The van der Waals surface area contributed by atoms with Crippen molar-refractivity contribution in [3.8, 4) is 11.5 Å². The number of benzene rings is 3. The number of carbonyl (C=O) groups excluding carboxylic acids is 2. The van der Waals surface area contributed by atoms with Crippen molar-refractivity contribution in [2.24, 2.45) is 0 Å². The largest absolute Gasteiger partial charge is 0.489 e. The van der Waals surface area contributed by atoms with Crippen LogP contribution >= 0.6 is 0 Å². The predicted octanol–water partition coefficient (Wildman–Crippen LogP) is 4.20. The highest BCUT2D eigenvalue weighted by molar-refractivity contribution is 6.08. The number of para-hydroxylation sites is 2. The number of nitrogens with one attached hydrogen (secondary N) is 1. The van der Waals surface area contributed by atoms with E-state index in [0.717, 1.165) is 12.0 Å². The van der Waals surface area contributed by atoms with Crippen LogP contribution in [0.25, 0.3) is 0 Å².